The smallest absolute Gasteiger partial charge is 0.317 e. The van der Waals surface area contributed by atoms with Crippen molar-refractivity contribution in [2.45, 2.75) is 51.1 Å². The van der Waals surface area contributed by atoms with Crippen LogP contribution in [-0.4, -0.2) is 35.9 Å². The topological polar surface area (TPSA) is 82.2 Å². The Bertz CT molecular complexity index is 261. The number of carbonyl (C=O) groups is 1. The molecule has 1 saturated carbocycles. The third kappa shape index (κ3) is 3.40. The van der Waals surface area contributed by atoms with Crippen molar-refractivity contribution in [2.75, 3.05) is 7.05 Å². The zero-order valence-electron chi connectivity index (χ0n) is 10.1. The molecular weight excluding hydrogens is 204 g/mol. The van der Waals surface area contributed by atoms with Gasteiger partial charge in [0.2, 0.25) is 0 Å². The summed E-state index contributed by atoms with van der Waals surface area (Å²) in [5.41, 5.74) is 5.37. The van der Waals surface area contributed by atoms with E-state index in [1.165, 1.54) is 24.2 Å². The van der Waals surface area contributed by atoms with Gasteiger partial charge < -0.3 is 16.0 Å². The number of nitrogens with two attached hydrogens (primary N) is 1. The molecule has 0 heterocycles. The van der Waals surface area contributed by atoms with Crippen molar-refractivity contribution in [1.29, 1.82) is 5.41 Å². The van der Waals surface area contributed by atoms with Crippen LogP contribution in [0.2, 0.25) is 0 Å². The Hall–Kier alpha value is -1.26. The minimum atomic E-state index is -0.344. The first-order chi connectivity index (χ1) is 7.52. The minimum absolute atomic E-state index is 0.0151. The van der Waals surface area contributed by atoms with Gasteiger partial charge in [0.25, 0.3) is 0 Å². The molecule has 5 heteroatoms. The molecule has 4 N–H and O–H groups in total. The number of urea groups is 1. The van der Waals surface area contributed by atoms with Crippen molar-refractivity contribution in [1.82, 2.24) is 10.2 Å². The minimum Gasteiger partial charge on any atom is -0.386 e. The summed E-state index contributed by atoms with van der Waals surface area (Å²) in [4.78, 5) is 13.3. The normalized spacial score (nSPS) is 18.9. The summed E-state index contributed by atoms with van der Waals surface area (Å²) in [6.07, 6.45) is 5.78. The zero-order chi connectivity index (χ0) is 12.1. The van der Waals surface area contributed by atoms with Crippen LogP contribution in [0.15, 0.2) is 0 Å². The summed E-state index contributed by atoms with van der Waals surface area (Å²) in [6, 6.07) is -0.180. The zero-order valence-corrected chi connectivity index (χ0v) is 10.1. The SMILES string of the molecule is CC(C(=N)N)N(C)C(=O)NC1CCCCC1. The van der Waals surface area contributed by atoms with Gasteiger partial charge in [0.15, 0.2) is 0 Å². The average molecular weight is 226 g/mol. The molecule has 2 amide bonds. The van der Waals surface area contributed by atoms with E-state index in [-0.39, 0.29) is 17.9 Å². The van der Waals surface area contributed by atoms with Crippen molar-refractivity contribution in [2.24, 2.45) is 5.73 Å². The summed E-state index contributed by atoms with van der Waals surface area (Å²) >= 11 is 0. The van der Waals surface area contributed by atoms with Gasteiger partial charge in [-0.05, 0) is 19.8 Å². The third-order valence-electron chi connectivity index (χ3n) is 3.28. The molecule has 1 unspecified atom stereocenters. The van der Waals surface area contributed by atoms with Crippen LogP contribution >= 0.6 is 0 Å². The lowest BCUT2D eigenvalue weighted by Crippen LogP contribution is -2.50. The molecule has 16 heavy (non-hydrogen) atoms. The van der Waals surface area contributed by atoms with Gasteiger partial charge in [-0.15, -0.1) is 0 Å². The van der Waals surface area contributed by atoms with Crippen LogP contribution in [-0.2, 0) is 0 Å². The first kappa shape index (κ1) is 12.8. The van der Waals surface area contributed by atoms with Crippen LogP contribution in [0.25, 0.3) is 0 Å². The maximum Gasteiger partial charge on any atom is 0.317 e. The van der Waals surface area contributed by atoms with Crippen molar-refractivity contribution in [3.63, 3.8) is 0 Å². The Morgan fingerprint density at radius 3 is 2.50 bits per heavy atom. The lowest BCUT2D eigenvalue weighted by molar-refractivity contribution is 0.196. The molecule has 0 aromatic rings. The lowest BCUT2D eigenvalue weighted by Gasteiger charge is -2.29. The molecule has 92 valence electrons. The number of hydrogen-bond acceptors (Lipinski definition) is 2. The highest BCUT2D eigenvalue weighted by Crippen LogP contribution is 2.17. The Morgan fingerprint density at radius 1 is 1.44 bits per heavy atom. The molecule has 0 aliphatic heterocycles. The van der Waals surface area contributed by atoms with E-state index >= 15 is 0 Å². The number of amidine groups is 1. The van der Waals surface area contributed by atoms with Gasteiger partial charge in [0.1, 0.15) is 5.84 Å². The first-order valence-electron chi connectivity index (χ1n) is 5.89. The van der Waals surface area contributed by atoms with E-state index in [0.29, 0.717) is 6.04 Å². The summed E-state index contributed by atoms with van der Waals surface area (Å²) in [7, 11) is 1.67. The van der Waals surface area contributed by atoms with E-state index in [1.807, 2.05) is 0 Å². The fraction of sp³-hybridized carbons (Fsp3) is 0.818. The largest absolute Gasteiger partial charge is 0.386 e. The predicted octanol–water partition coefficient (Wildman–Crippen LogP) is 1.28. The predicted molar refractivity (Wildman–Crippen MR) is 64.5 cm³/mol. The van der Waals surface area contributed by atoms with Crippen molar-refractivity contribution in [3.8, 4) is 0 Å². The van der Waals surface area contributed by atoms with Gasteiger partial charge in [0.05, 0.1) is 6.04 Å². The van der Waals surface area contributed by atoms with Crippen LogP contribution in [0.5, 0.6) is 0 Å². The van der Waals surface area contributed by atoms with Crippen molar-refractivity contribution in [3.05, 3.63) is 0 Å². The van der Waals surface area contributed by atoms with Crippen LogP contribution in [0.4, 0.5) is 4.79 Å². The molecule has 1 aliphatic carbocycles. The molecule has 1 rings (SSSR count). The average Bonchev–Trinajstić information content (AvgIpc) is 2.28. The van der Waals surface area contributed by atoms with Crippen molar-refractivity contribution < 1.29 is 4.79 Å². The molecule has 0 bridgehead atoms. The molecule has 1 aliphatic rings. The molecule has 1 atom stereocenters. The Kier molecular flexibility index (Phi) is 4.58. The maximum atomic E-state index is 11.8. The highest BCUT2D eigenvalue weighted by Gasteiger charge is 2.21. The van der Waals surface area contributed by atoms with Gasteiger partial charge in [-0.3, -0.25) is 5.41 Å². The first-order valence-corrected chi connectivity index (χ1v) is 5.89. The number of likely N-dealkylation sites (N-methyl/N-ethyl adjacent to an activating group) is 1. The Balaban J connectivity index is 2.41. The quantitative estimate of drug-likeness (QED) is 0.500. The second-order valence-corrected chi connectivity index (χ2v) is 4.53. The summed E-state index contributed by atoms with van der Waals surface area (Å²) in [5, 5.41) is 10.3. The number of amides is 2. The van der Waals surface area contributed by atoms with Gasteiger partial charge in [-0.25, -0.2) is 4.79 Å². The van der Waals surface area contributed by atoms with E-state index in [1.54, 1.807) is 14.0 Å². The van der Waals surface area contributed by atoms with E-state index < -0.39 is 0 Å². The number of hydrogen-bond donors (Lipinski definition) is 3. The third-order valence-corrected chi connectivity index (χ3v) is 3.28. The molecule has 0 aromatic heterocycles. The Morgan fingerprint density at radius 2 is 2.00 bits per heavy atom. The number of nitrogens with one attached hydrogen (secondary N) is 2. The summed E-state index contributed by atoms with van der Waals surface area (Å²) < 4.78 is 0. The number of carbonyl (C=O) groups excluding carboxylic acids is 1. The van der Waals surface area contributed by atoms with Crippen LogP contribution in [0, 0.1) is 5.41 Å². The molecule has 0 saturated heterocycles. The van der Waals surface area contributed by atoms with Gasteiger partial charge in [-0.1, -0.05) is 19.3 Å². The van der Waals surface area contributed by atoms with Crippen molar-refractivity contribution >= 4 is 11.9 Å². The second-order valence-electron chi connectivity index (χ2n) is 4.53. The lowest BCUT2D eigenvalue weighted by atomic mass is 9.96. The maximum absolute atomic E-state index is 11.8. The van der Waals surface area contributed by atoms with Gasteiger partial charge in [0, 0.05) is 13.1 Å². The fourth-order valence-electron chi connectivity index (χ4n) is 1.91. The monoisotopic (exact) mass is 226 g/mol. The molecule has 0 radical (unpaired) electrons. The van der Waals surface area contributed by atoms with Gasteiger partial charge in [-0.2, -0.15) is 0 Å². The fourth-order valence-corrected chi connectivity index (χ4v) is 1.91. The van der Waals surface area contributed by atoms with Gasteiger partial charge >= 0.3 is 6.03 Å². The van der Waals surface area contributed by atoms with E-state index in [4.69, 9.17) is 11.1 Å². The standard InChI is InChI=1S/C11H22N4O/c1-8(10(12)13)15(2)11(16)14-9-6-4-3-5-7-9/h8-9H,3-7H2,1-2H3,(H3,12,13)(H,14,16). The second kappa shape index (κ2) is 5.72. The summed E-state index contributed by atoms with van der Waals surface area (Å²) in [6.45, 7) is 1.75. The summed E-state index contributed by atoms with van der Waals surface area (Å²) in [5.74, 6) is 0.0151. The van der Waals surface area contributed by atoms with E-state index in [2.05, 4.69) is 5.32 Å². The molecule has 0 aromatic carbocycles. The molecule has 0 spiro atoms. The number of rotatable bonds is 3. The highest BCUT2D eigenvalue weighted by molar-refractivity contribution is 5.87. The van der Waals surface area contributed by atoms with Crippen LogP contribution in [0.3, 0.4) is 0 Å². The van der Waals surface area contributed by atoms with Crippen LogP contribution in [0.1, 0.15) is 39.0 Å². The Labute approximate surface area is 96.9 Å². The van der Waals surface area contributed by atoms with E-state index in [0.717, 1.165) is 12.8 Å². The highest BCUT2D eigenvalue weighted by atomic mass is 16.2. The number of nitrogens with zero attached hydrogens (tertiary/aromatic N) is 1. The molecular formula is C11H22N4O. The van der Waals surface area contributed by atoms with E-state index in [9.17, 15) is 4.79 Å². The molecule has 1 fully saturated rings. The molecule has 5 nitrogen and oxygen atoms in total. The van der Waals surface area contributed by atoms with Crippen LogP contribution < -0.4 is 11.1 Å².